The molecule has 0 bridgehead atoms. The van der Waals surface area contributed by atoms with Crippen molar-refractivity contribution in [2.45, 2.75) is 96.9 Å². The van der Waals surface area contributed by atoms with Gasteiger partial charge in [-0.05, 0) is 81.3 Å². The van der Waals surface area contributed by atoms with Gasteiger partial charge in [-0.3, -0.25) is 29.0 Å². The van der Waals surface area contributed by atoms with Gasteiger partial charge in [0.1, 0.15) is 35.7 Å². The van der Waals surface area contributed by atoms with Gasteiger partial charge in [-0.2, -0.15) is 5.10 Å². The predicted octanol–water partition coefficient (Wildman–Crippen LogP) is -0.219. The number of benzene rings is 2. The molecule has 0 aliphatic rings. The number of aliphatic imine (C=N–C) groups is 1. The number of hydrogen-bond acceptors (Lipinski definition) is 10. The number of nitrogens with one attached hydrogen (secondary N) is 5. The molecule has 290 valence electrons. The molecule has 53 heavy (non-hydrogen) atoms. The molecule has 5 unspecified atom stereocenters. The van der Waals surface area contributed by atoms with Gasteiger partial charge < -0.3 is 48.7 Å². The molecule has 0 radical (unpaired) electrons. The minimum Gasteiger partial charge on any atom is -0.508 e. The van der Waals surface area contributed by atoms with Crippen molar-refractivity contribution in [3.05, 3.63) is 59.7 Å². The van der Waals surface area contributed by atoms with Crippen LogP contribution in [0.25, 0.3) is 0 Å². The predicted molar refractivity (Wildman–Crippen MR) is 201 cm³/mol. The van der Waals surface area contributed by atoms with E-state index in [1.165, 1.54) is 31.2 Å². The van der Waals surface area contributed by atoms with Crippen LogP contribution in [-0.2, 0) is 36.8 Å². The minimum atomic E-state index is -1.20. The number of hydrogen-bond donors (Lipinski definition) is 10. The fourth-order valence-corrected chi connectivity index (χ4v) is 5.01. The van der Waals surface area contributed by atoms with Crippen LogP contribution in [0.4, 0.5) is 0 Å². The van der Waals surface area contributed by atoms with Crippen molar-refractivity contribution in [3.8, 4) is 11.5 Å². The fraction of sp³-hybridized carbons (Fsp3) is 0.472. The van der Waals surface area contributed by atoms with E-state index in [-0.39, 0.29) is 55.6 Å². The molecule has 0 saturated heterocycles. The van der Waals surface area contributed by atoms with Crippen molar-refractivity contribution in [3.63, 3.8) is 0 Å². The van der Waals surface area contributed by atoms with Gasteiger partial charge >= 0.3 is 0 Å². The fourth-order valence-electron chi connectivity index (χ4n) is 5.01. The summed E-state index contributed by atoms with van der Waals surface area (Å²) in [7, 11) is 0. The highest BCUT2D eigenvalue weighted by atomic mass is 16.3. The van der Waals surface area contributed by atoms with E-state index in [1.807, 2.05) is 13.8 Å². The van der Waals surface area contributed by atoms with Crippen molar-refractivity contribution in [1.82, 2.24) is 26.7 Å². The van der Waals surface area contributed by atoms with Crippen LogP contribution in [0.3, 0.4) is 0 Å². The number of carbonyl (C=O) groups is 5. The average molecular weight is 739 g/mol. The van der Waals surface area contributed by atoms with Crippen LogP contribution in [-0.4, -0.2) is 88.2 Å². The molecule has 0 aliphatic heterocycles. The topological polar surface area (TPSA) is 289 Å². The van der Waals surface area contributed by atoms with Gasteiger partial charge in [0.05, 0.1) is 6.04 Å². The summed E-state index contributed by atoms with van der Waals surface area (Å²) in [5.41, 5.74) is 21.2. The maximum absolute atomic E-state index is 13.8. The molecule has 0 saturated carbocycles. The quantitative estimate of drug-likeness (QED) is 0.0369. The van der Waals surface area contributed by atoms with Gasteiger partial charge in [-0.25, -0.2) is 5.43 Å². The molecule has 0 heterocycles. The first-order valence-electron chi connectivity index (χ1n) is 17.3. The van der Waals surface area contributed by atoms with Crippen molar-refractivity contribution >= 4 is 41.2 Å². The summed E-state index contributed by atoms with van der Waals surface area (Å²) in [4.78, 5) is 70.8. The Kier molecular flexibility index (Phi) is 17.7. The first-order valence-corrected chi connectivity index (χ1v) is 17.3. The van der Waals surface area contributed by atoms with Crippen molar-refractivity contribution < 1.29 is 34.2 Å². The first kappa shape index (κ1) is 43.5. The number of phenolic OH excluding ortho intramolecular Hbond substituents is 2. The Morgan fingerprint density at radius 1 is 0.679 bits per heavy atom. The third-order valence-corrected chi connectivity index (χ3v) is 7.80. The molecule has 2 aromatic rings. The zero-order valence-corrected chi connectivity index (χ0v) is 30.9. The summed E-state index contributed by atoms with van der Waals surface area (Å²) >= 11 is 0. The van der Waals surface area contributed by atoms with E-state index in [9.17, 15) is 34.2 Å². The van der Waals surface area contributed by atoms with Crippen LogP contribution in [0.2, 0.25) is 0 Å². The number of carbonyl (C=O) groups excluding carboxylic acids is 5. The van der Waals surface area contributed by atoms with Crippen LogP contribution in [0.15, 0.2) is 58.6 Å². The molecule has 5 atom stereocenters. The van der Waals surface area contributed by atoms with Gasteiger partial charge in [0.25, 0.3) is 5.91 Å². The summed E-state index contributed by atoms with van der Waals surface area (Å²) in [5.74, 6) is -3.26. The van der Waals surface area contributed by atoms with Gasteiger partial charge in [-0.15, -0.1) is 0 Å². The number of rotatable bonds is 20. The third kappa shape index (κ3) is 16.5. The molecule has 0 aliphatic carbocycles. The lowest BCUT2D eigenvalue weighted by atomic mass is 10.0. The zero-order chi connectivity index (χ0) is 39.7. The van der Waals surface area contributed by atoms with Crippen LogP contribution in [0.5, 0.6) is 11.5 Å². The molecule has 0 aromatic heterocycles. The van der Waals surface area contributed by atoms with Crippen LogP contribution < -0.4 is 43.9 Å². The largest absolute Gasteiger partial charge is 0.508 e. The van der Waals surface area contributed by atoms with E-state index >= 15 is 0 Å². The number of nitrogens with zero attached hydrogens (tertiary/aromatic N) is 2. The number of phenols is 2. The number of hydrazone groups is 1. The maximum atomic E-state index is 13.8. The second-order valence-corrected chi connectivity index (χ2v) is 13.4. The normalized spacial score (nSPS) is 13.6. The Morgan fingerprint density at radius 3 is 1.64 bits per heavy atom. The van der Waals surface area contributed by atoms with Crippen LogP contribution >= 0.6 is 0 Å². The lowest BCUT2D eigenvalue weighted by Crippen LogP contribution is -2.58. The Hall–Kier alpha value is -5.71. The molecule has 17 nitrogen and oxygen atoms in total. The van der Waals surface area contributed by atoms with Gasteiger partial charge in [-0.1, -0.05) is 38.1 Å². The highest BCUT2D eigenvalue weighted by Gasteiger charge is 2.31. The van der Waals surface area contributed by atoms with Gasteiger partial charge in [0, 0.05) is 25.1 Å². The maximum Gasteiger partial charge on any atom is 0.262 e. The van der Waals surface area contributed by atoms with Crippen molar-refractivity contribution in [1.29, 1.82) is 0 Å². The first-order chi connectivity index (χ1) is 24.9. The second kappa shape index (κ2) is 21.6. The summed E-state index contributed by atoms with van der Waals surface area (Å²) in [6, 6.07) is 6.67. The molecular weight excluding hydrogens is 684 g/mol. The van der Waals surface area contributed by atoms with E-state index < -0.39 is 59.7 Å². The van der Waals surface area contributed by atoms with Gasteiger partial charge in [0.2, 0.25) is 23.6 Å². The van der Waals surface area contributed by atoms with Gasteiger partial charge in [0.15, 0.2) is 5.96 Å². The summed E-state index contributed by atoms with van der Waals surface area (Å²) in [5, 5.41) is 33.9. The monoisotopic (exact) mass is 738 g/mol. The molecule has 13 N–H and O–H groups in total. The minimum absolute atomic E-state index is 0.0134. The Labute approximate surface area is 309 Å². The highest BCUT2D eigenvalue weighted by molar-refractivity contribution is 5.96. The lowest BCUT2D eigenvalue weighted by molar-refractivity contribution is -0.134. The van der Waals surface area contributed by atoms with Crippen LogP contribution in [0.1, 0.15) is 65.0 Å². The number of amides is 5. The van der Waals surface area contributed by atoms with Crippen molar-refractivity contribution in [2.24, 2.45) is 33.2 Å². The van der Waals surface area contributed by atoms with Crippen molar-refractivity contribution in [2.75, 3.05) is 6.54 Å². The Bertz CT molecular complexity index is 1590. The zero-order valence-electron chi connectivity index (χ0n) is 30.9. The molecule has 5 amide bonds. The second-order valence-electron chi connectivity index (χ2n) is 13.4. The molecule has 2 aromatic carbocycles. The highest BCUT2D eigenvalue weighted by Crippen LogP contribution is 2.14. The molecule has 0 spiro atoms. The van der Waals surface area contributed by atoms with E-state index in [0.717, 1.165) is 0 Å². The molecular formula is C36H54N10O7. The van der Waals surface area contributed by atoms with E-state index in [2.05, 4.69) is 36.8 Å². The number of aromatic hydroxyl groups is 2. The Morgan fingerprint density at radius 2 is 1.15 bits per heavy atom. The van der Waals surface area contributed by atoms with Crippen LogP contribution in [0, 0.1) is 5.92 Å². The lowest BCUT2D eigenvalue weighted by Gasteiger charge is -2.26. The molecule has 17 heteroatoms. The Balaban J connectivity index is 2.28. The average Bonchev–Trinajstić information content (AvgIpc) is 3.08. The smallest absolute Gasteiger partial charge is 0.262 e. The van der Waals surface area contributed by atoms with E-state index in [0.29, 0.717) is 23.3 Å². The van der Waals surface area contributed by atoms with E-state index in [4.69, 9.17) is 17.2 Å². The van der Waals surface area contributed by atoms with E-state index in [1.54, 1.807) is 38.1 Å². The third-order valence-electron chi connectivity index (χ3n) is 7.80. The standard InChI is InChI=1S/C36H54N10O7/c1-20(2)17-27(37)32(50)44-29(18-23-8-12-25(47)13-9-23)34(52)42-28(7-6-16-40-36(38)39)33(51)41-22(5)31(49)43-30(35(53)46-45-21(3)4)19-24-10-14-26(48)15-11-24/h8-15,20,22,27-30,47-48H,6-7,16-19,37H2,1-5H3,(H,41,51)(H,42,52)(H,43,49)(H,44,50)(H,46,53)(H4,38,39,40). The number of nitrogens with two attached hydrogens (primary N) is 3. The molecule has 0 fully saturated rings. The molecule has 2 rings (SSSR count). The number of guanidine groups is 1. The SMILES string of the molecule is CC(C)=NNC(=O)C(Cc1ccc(O)cc1)NC(=O)C(C)NC(=O)C(CCCN=C(N)N)NC(=O)C(Cc1ccc(O)cc1)NC(=O)C(N)CC(C)C. The summed E-state index contributed by atoms with van der Waals surface area (Å²) < 4.78 is 0. The summed E-state index contributed by atoms with van der Waals surface area (Å²) in [6.07, 6.45) is 0.750. The summed E-state index contributed by atoms with van der Waals surface area (Å²) in [6.45, 7) is 8.75.